The van der Waals surface area contributed by atoms with Crippen LogP contribution in [0.3, 0.4) is 0 Å². The first-order chi connectivity index (χ1) is 8.35. The summed E-state index contributed by atoms with van der Waals surface area (Å²) in [5.74, 6) is 1.42. The van der Waals surface area contributed by atoms with Gasteiger partial charge in [-0.2, -0.15) is 0 Å². The maximum absolute atomic E-state index is 5.91. The van der Waals surface area contributed by atoms with Gasteiger partial charge in [0.15, 0.2) is 0 Å². The molecule has 1 saturated carbocycles. The second-order valence-electron chi connectivity index (χ2n) is 5.38. The highest BCUT2D eigenvalue weighted by Gasteiger charge is 2.24. The molecule has 1 nitrogen and oxygen atoms in total. The van der Waals surface area contributed by atoms with E-state index < -0.39 is 0 Å². The van der Waals surface area contributed by atoms with Crippen molar-refractivity contribution in [2.75, 3.05) is 6.54 Å². The summed E-state index contributed by atoms with van der Waals surface area (Å²) in [5.41, 5.74) is 8.89. The molecule has 0 bridgehead atoms. The molecule has 2 rings (SSSR count). The van der Waals surface area contributed by atoms with Gasteiger partial charge in [0.25, 0.3) is 0 Å². The Hall–Kier alpha value is -0.820. The molecule has 0 heterocycles. The van der Waals surface area contributed by atoms with Crippen molar-refractivity contribution in [3.63, 3.8) is 0 Å². The average Bonchev–Trinajstić information content (AvgIpc) is 2.40. The molecule has 1 aromatic carbocycles. The van der Waals surface area contributed by atoms with Crippen LogP contribution in [0.25, 0.3) is 0 Å². The number of rotatable bonds is 4. The van der Waals surface area contributed by atoms with Gasteiger partial charge in [-0.3, -0.25) is 0 Å². The van der Waals surface area contributed by atoms with Crippen LogP contribution >= 0.6 is 0 Å². The Labute approximate surface area is 105 Å². The predicted molar refractivity (Wildman–Crippen MR) is 74.2 cm³/mol. The molecule has 2 N–H and O–H groups in total. The fraction of sp³-hybridized carbons (Fsp3) is 0.625. The Balaban J connectivity index is 2.09. The Morgan fingerprint density at radius 2 is 1.82 bits per heavy atom. The van der Waals surface area contributed by atoms with Crippen LogP contribution in [0.2, 0.25) is 0 Å². The smallest absolute Gasteiger partial charge is 0.00430 e. The highest BCUT2D eigenvalue weighted by atomic mass is 14.6. The fourth-order valence-corrected chi connectivity index (χ4v) is 3.15. The monoisotopic (exact) mass is 231 g/mol. The molecule has 0 spiro atoms. The third-order valence-electron chi connectivity index (χ3n) is 4.16. The van der Waals surface area contributed by atoms with Crippen LogP contribution in [0.15, 0.2) is 24.3 Å². The van der Waals surface area contributed by atoms with Gasteiger partial charge >= 0.3 is 0 Å². The Morgan fingerprint density at radius 1 is 1.12 bits per heavy atom. The molecular weight excluding hydrogens is 206 g/mol. The number of aryl methyl sites for hydroxylation is 1. The van der Waals surface area contributed by atoms with Crippen LogP contribution in [-0.2, 0) is 6.42 Å². The van der Waals surface area contributed by atoms with Gasteiger partial charge < -0.3 is 5.73 Å². The SMILES string of the molecule is CCCc1ccc(C2CCCCC2CN)cc1. The van der Waals surface area contributed by atoms with E-state index in [4.69, 9.17) is 5.73 Å². The van der Waals surface area contributed by atoms with E-state index in [-0.39, 0.29) is 0 Å². The maximum Gasteiger partial charge on any atom is -0.00430 e. The number of hydrogen-bond donors (Lipinski definition) is 1. The number of hydrogen-bond acceptors (Lipinski definition) is 1. The Kier molecular flexibility index (Phi) is 4.61. The highest BCUT2D eigenvalue weighted by molar-refractivity contribution is 5.26. The number of nitrogens with two attached hydrogens (primary N) is 1. The molecule has 0 amide bonds. The molecule has 1 fully saturated rings. The average molecular weight is 231 g/mol. The topological polar surface area (TPSA) is 26.0 Å². The quantitative estimate of drug-likeness (QED) is 0.836. The molecule has 2 unspecified atom stereocenters. The van der Waals surface area contributed by atoms with Gasteiger partial charge in [-0.25, -0.2) is 0 Å². The Morgan fingerprint density at radius 3 is 2.47 bits per heavy atom. The van der Waals surface area contributed by atoms with E-state index in [2.05, 4.69) is 31.2 Å². The van der Waals surface area contributed by atoms with Gasteiger partial charge in [0.2, 0.25) is 0 Å². The van der Waals surface area contributed by atoms with E-state index in [0.29, 0.717) is 11.8 Å². The van der Waals surface area contributed by atoms with E-state index in [1.54, 1.807) is 0 Å². The van der Waals surface area contributed by atoms with E-state index in [9.17, 15) is 0 Å². The molecule has 0 radical (unpaired) electrons. The minimum atomic E-state index is 0.709. The second-order valence-corrected chi connectivity index (χ2v) is 5.38. The fourth-order valence-electron chi connectivity index (χ4n) is 3.15. The summed E-state index contributed by atoms with van der Waals surface area (Å²) in [4.78, 5) is 0. The normalized spacial score (nSPS) is 24.8. The van der Waals surface area contributed by atoms with Crippen LogP contribution in [0, 0.1) is 5.92 Å². The van der Waals surface area contributed by atoms with Crippen LogP contribution < -0.4 is 5.73 Å². The summed E-state index contributed by atoms with van der Waals surface area (Å²) < 4.78 is 0. The van der Waals surface area contributed by atoms with Gasteiger partial charge in [0, 0.05) is 0 Å². The molecule has 17 heavy (non-hydrogen) atoms. The van der Waals surface area contributed by atoms with Crippen molar-refractivity contribution in [1.82, 2.24) is 0 Å². The highest BCUT2D eigenvalue weighted by Crippen LogP contribution is 2.37. The van der Waals surface area contributed by atoms with Crippen LogP contribution in [0.1, 0.15) is 56.1 Å². The lowest BCUT2D eigenvalue weighted by Gasteiger charge is -2.31. The molecule has 94 valence electrons. The zero-order valence-electron chi connectivity index (χ0n) is 11.0. The van der Waals surface area contributed by atoms with E-state index >= 15 is 0 Å². The standard InChI is InChI=1S/C16H25N/c1-2-5-13-8-10-14(11-9-13)16-7-4-3-6-15(16)12-17/h8-11,15-16H,2-7,12,17H2,1H3. The molecule has 1 aliphatic carbocycles. The van der Waals surface area contributed by atoms with Crippen molar-refractivity contribution in [2.24, 2.45) is 11.7 Å². The lowest BCUT2D eigenvalue weighted by molar-refractivity contribution is 0.314. The summed E-state index contributed by atoms with van der Waals surface area (Å²) in [6, 6.07) is 9.29. The molecule has 0 aromatic heterocycles. The van der Waals surface area contributed by atoms with Crippen molar-refractivity contribution in [3.05, 3.63) is 35.4 Å². The lowest BCUT2D eigenvalue weighted by atomic mass is 9.75. The van der Waals surface area contributed by atoms with Crippen molar-refractivity contribution >= 4 is 0 Å². The minimum absolute atomic E-state index is 0.709. The third kappa shape index (κ3) is 3.10. The zero-order chi connectivity index (χ0) is 12.1. The second kappa shape index (κ2) is 6.20. The molecular formula is C16H25N. The van der Waals surface area contributed by atoms with Crippen LogP contribution in [-0.4, -0.2) is 6.54 Å². The predicted octanol–water partition coefficient (Wildman–Crippen LogP) is 3.87. The molecule has 1 aromatic rings. The van der Waals surface area contributed by atoms with Gasteiger partial charge in [-0.15, -0.1) is 0 Å². The third-order valence-corrected chi connectivity index (χ3v) is 4.16. The van der Waals surface area contributed by atoms with Gasteiger partial charge in [0.05, 0.1) is 0 Å². The van der Waals surface area contributed by atoms with Crippen molar-refractivity contribution in [2.45, 2.75) is 51.4 Å². The van der Waals surface area contributed by atoms with Crippen molar-refractivity contribution in [3.8, 4) is 0 Å². The molecule has 1 aliphatic rings. The Bertz CT molecular complexity index is 328. The van der Waals surface area contributed by atoms with E-state index in [1.807, 2.05) is 0 Å². The summed E-state index contributed by atoms with van der Waals surface area (Å²) in [7, 11) is 0. The summed E-state index contributed by atoms with van der Waals surface area (Å²) in [6.07, 6.45) is 7.82. The first-order valence-corrected chi connectivity index (χ1v) is 7.14. The first-order valence-electron chi connectivity index (χ1n) is 7.14. The van der Waals surface area contributed by atoms with E-state index in [0.717, 1.165) is 6.54 Å². The van der Waals surface area contributed by atoms with Crippen LogP contribution in [0.4, 0.5) is 0 Å². The largest absolute Gasteiger partial charge is 0.330 e. The van der Waals surface area contributed by atoms with Crippen molar-refractivity contribution in [1.29, 1.82) is 0 Å². The lowest BCUT2D eigenvalue weighted by Crippen LogP contribution is -2.25. The zero-order valence-corrected chi connectivity index (χ0v) is 11.0. The summed E-state index contributed by atoms with van der Waals surface area (Å²) >= 11 is 0. The molecule has 2 atom stereocenters. The molecule has 0 aliphatic heterocycles. The van der Waals surface area contributed by atoms with Crippen molar-refractivity contribution < 1.29 is 0 Å². The van der Waals surface area contributed by atoms with Gasteiger partial charge in [0.1, 0.15) is 0 Å². The summed E-state index contributed by atoms with van der Waals surface area (Å²) in [5, 5.41) is 0. The van der Waals surface area contributed by atoms with Gasteiger partial charge in [-0.1, -0.05) is 50.5 Å². The number of benzene rings is 1. The summed E-state index contributed by atoms with van der Waals surface area (Å²) in [6.45, 7) is 3.08. The van der Waals surface area contributed by atoms with Crippen LogP contribution in [0.5, 0.6) is 0 Å². The minimum Gasteiger partial charge on any atom is -0.330 e. The van der Waals surface area contributed by atoms with Gasteiger partial charge in [-0.05, 0) is 48.8 Å². The van der Waals surface area contributed by atoms with E-state index in [1.165, 1.54) is 49.7 Å². The maximum atomic E-state index is 5.91. The molecule has 0 saturated heterocycles. The first kappa shape index (κ1) is 12.6. The molecule has 1 heteroatoms.